The van der Waals surface area contributed by atoms with E-state index in [9.17, 15) is 0 Å². The number of nitrogens with zero attached hydrogens (tertiary/aromatic N) is 2. The summed E-state index contributed by atoms with van der Waals surface area (Å²) in [5.74, 6) is 3.31. The van der Waals surface area contributed by atoms with Gasteiger partial charge in [0.2, 0.25) is 5.95 Å². The fourth-order valence-corrected chi connectivity index (χ4v) is 2.89. The largest absolute Gasteiger partial charge is 0.493 e. The average Bonchev–Trinajstić information content (AvgIpc) is 2.61. The minimum atomic E-state index is 0.281. The van der Waals surface area contributed by atoms with Crippen LogP contribution in [-0.2, 0) is 6.42 Å². The Morgan fingerprint density at radius 3 is 2.19 bits per heavy atom. The Morgan fingerprint density at radius 2 is 1.65 bits per heavy atom. The molecule has 142 valence electrons. The first-order valence-electron chi connectivity index (χ1n) is 8.94. The van der Waals surface area contributed by atoms with Crippen molar-refractivity contribution in [1.29, 1.82) is 0 Å². The molecule has 6 nitrogen and oxygen atoms in total. The predicted molar refractivity (Wildman–Crippen MR) is 107 cm³/mol. The maximum Gasteiger partial charge on any atom is 0.224 e. The Hall–Kier alpha value is -2.50. The lowest BCUT2D eigenvalue weighted by Crippen LogP contribution is -2.15. The summed E-state index contributed by atoms with van der Waals surface area (Å²) < 4.78 is 11.0. The van der Waals surface area contributed by atoms with Gasteiger partial charge in [-0.2, -0.15) is 4.98 Å². The fourth-order valence-electron chi connectivity index (χ4n) is 2.89. The number of benzene rings is 1. The van der Waals surface area contributed by atoms with Crippen LogP contribution in [0.2, 0.25) is 0 Å². The molecule has 0 aliphatic rings. The van der Waals surface area contributed by atoms with E-state index in [1.165, 1.54) is 11.1 Å². The van der Waals surface area contributed by atoms with Crippen molar-refractivity contribution in [3.05, 3.63) is 35.0 Å². The van der Waals surface area contributed by atoms with Gasteiger partial charge >= 0.3 is 0 Å². The summed E-state index contributed by atoms with van der Waals surface area (Å²) in [6, 6.07) is 4.40. The van der Waals surface area contributed by atoms with Gasteiger partial charge in [-0.05, 0) is 43.0 Å². The summed E-state index contributed by atoms with van der Waals surface area (Å²) in [5, 5.41) is 6.42. The zero-order valence-electron chi connectivity index (χ0n) is 16.8. The third-order valence-electron chi connectivity index (χ3n) is 4.16. The van der Waals surface area contributed by atoms with E-state index in [-0.39, 0.29) is 6.04 Å². The number of aromatic nitrogens is 2. The lowest BCUT2D eigenvalue weighted by Gasteiger charge is -2.19. The van der Waals surface area contributed by atoms with Crippen LogP contribution in [0, 0.1) is 0 Å². The first kappa shape index (κ1) is 19.8. The van der Waals surface area contributed by atoms with Gasteiger partial charge in [-0.1, -0.05) is 13.8 Å². The quantitative estimate of drug-likeness (QED) is 0.741. The van der Waals surface area contributed by atoms with Gasteiger partial charge in [-0.25, -0.2) is 4.98 Å². The number of anilines is 2. The van der Waals surface area contributed by atoms with E-state index in [1.807, 2.05) is 13.2 Å². The molecule has 0 spiro atoms. The molecule has 0 fully saturated rings. The van der Waals surface area contributed by atoms with Crippen LogP contribution in [0.3, 0.4) is 0 Å². The van der Waals surface area contributed by atoms with E-state index in [2.05, 4.69) is 60.4 Å². The van der Waals surface area contributed by atoms with Crippen molar-refractivity contribution in [3.63, 3.8) is 0 Å². The molecule has 6 heteroatoms. The molecule has 0 unspecified atom stereocenters. The van der Waals surface area contributed by atoms with Gasteiger partial charge in [-0.15, -0.1) is 0 Å². The van der Waals surface area contributed by atoms with Gasteiger partial charge in [0, 0.05) is 31.3 Å². The van der Waals surface area contributed by atoms with E-state index in [0.29, 0.717) is 18.3 Å². The van der Waals surface area contributed by atoms with E-state index in [4.69, 9.17) is 9.47 Å². The van der Waals surface area contributed by atoms with Crippen LogP contribution < -0.4 is 20.1 Å². The maximum atomic E-state index is 5.50. The summed E-state index contributed by atoms with van der Waals surface area (Å²) in [5.41, 5.74) is 3.47. The van der Waals surface area contributed by atoms with Crippen molar-refractivity contribution in [3.8, 4) is 11.5 Å². The van der Waals surface area contributed by atoms with Crippen molar-refractivity contribution in [2.24, 2.45) is 0 Å². The normalized spacial score (nSPS) is 11.0. The van der Waals surface area contributed by atoms with Gasteiger partial charge in [0.15, 0.2) is 11.5 Å². The number of methoxy groups -OCH3 is 2. The van der Waals surface area contributed by atoms with Crippen LogP contribution in [-0.4, -0.2) is 37.3 Å². The summed E-state index contributed by atoms with van der Waals surface area (Å²) in [6.07, 6.45) is 2.59. The third-order valence-corrected chi connectivity index (χ3v) is 4.16. The Bertz CT molecular complexity index is 745. The number of hydrogen-bond donors (Lipinski definition) is 2. The number of hydrogen-bond acceptors (Lipinski definition) is 6. The monoisotopic (exact) mass is 358 g/mol. The predicted octanol–water partition coefficient (Wildman–Crippen LogP) is 4.07. The zero-order valence-corrected chi connectivity index (χ0v) is 16.8. The molecular weight excluding hydrogens is 328 g/mol. The number of rotatable bonds is 8. The topological polar surface area (TPSA) is 68.3 Å². The average molecular weight is 358 g/mol. The Balaban J connectivity index is 2.50. The molecule has 1 aromatic heterocycles. The highest BCUT2D eigenvalue weighted by Gasteiger charge is 2.16. The molecule has 26 heavy (non-hydrogen) atoms. The van der Waals surface area contributed by atoms with Crippen molar-refractivity contribution in [2.75, 3.05) is 31.9 Å². The highest BCUT2D eigenvalue weighted by molar-refractivity contribution is 5.54. The second-order valence-electron chi connectivity index (χ2n) is 6.85. The van der Waals surface area contributed by atoms with Gasteiger partial charge in [0.25, 0.3) is 0 Å². The first-order chi connectivity index (χ1) is 12.4. The summed E-state index contributed by atoms with van der Waals surface area (Å²) in [7, 11) is 5.14. The number of nitrogens with one attached hydrogen (secondary N) is 2. The second-order valence-corrected chi connectivity index (χ2v) is 6.85. The molecule has 0 bridgehead atoms. The van der Waals surface area contributed by atoms with Crippen molar-refractivity contribution >= 4 is 11.8 Å². The SMILES string of the molecule is CNc1ncc(Cc2cc(OC)c(OC)cc2C(C)C)c(NC(C)C)n1. The molecule has 1 heterocycles. The van der Waals surface area contributed by atoms with Crippen molar-refractivity contribution in [1.82, 2.24) is 9.97 Å². The molecule has 2 aromatic rings. The molecule has 0 aliphatic carbocycles. The maximum absolute atomic E-state index is 5.50. The Morgan fingerprint density at radius 1 is 1.00 bits per heavy atom. The Kier molecular flexibility index (Phi) is 6.66. The van der Waals surface area contributed by atoms with Gasteiger partial charge < -0.3 is 20.1 Å². The van der Waals surface area contributed by atoms with Gasteiger partial charge in [0.1, 0.15) is 5.82 Å². The van der Waals surface area contributed by atoms with E-state index < -0.39 is 0 Å². The van der Waals surface area contributed by atoms with E-state index in [0.717, 1.165) is 22.9 Å². The van der Waals surface area contributed by atoms with Crippen LogP contribution in [0.15, 0.2) is 18.3 Å². The minimum Gasteiger partial charge on any atom is -0.493 e. The first-order valence-corrected chi connectivity index (χ1v) is 8.94. The summed E-state index contributed by atoms with van der Waals surface area (Å²) >= 11 is 0. The smallest absolute Gasteiger partial charge is 0.224 e. The van der Waals surface area contributed by atoms with Crippen molar-refractivity contribution < 1.29 is 9.47 Å². The van der Waals surface area contributed by atoms with E-state index in [1.54, 1.807) is 14.2 Å². The van der Waals surface area contributed by atoms with Crippen LogP contribution in [0.25, 0.3) is 0 Å². The lowest BCUT2D eigenvalue weighted by molar-refractivity contribution is 0.354. The molecule has 1 aromatic carbocycles. The van der Waals surface area contributed by atoms with Crippen molar-refractivity contribution in [2.45, 2.75) is 46.1 Å². The van der Waals surface area contributed by atoms with Crippen LogP contribution in [0.4, 0.5) is 11.8 Å². The third kappa shape index (κ3) is 4.56. The molecular formula is C20H30N4O2. The highest BCUT2D eigenvalue weighted by atomic mass is 16.5. The molecule has 0 amide bonds. The molecule has 2 N–H and O–H groups in total. The Labute approximate surface area is 156 Å². The molecule has 0 atom stereocenters. The summed E-state index contributed by atoms with van der Waals surface area (Å²) in [6.45, 7) is 8.55. The highest BCUT2D eigenvalue weighted by Crippen LogP contribution is 2.35. The molecule has 0 saturated carbocycles. The zero-order chi connectivity index (χ0) is 19.3. The van der Waals surface area contributed by atoms with Gasteiger partial charge in [-0.3, -0.25) is 0 Å². The molecule has 2 rings (SSSR count). The van der Waals surface area contributed by atoms with Crippen LogP contribution in [0.5, 0.6) is 11.5 Å². The standard InChI is InChI=1S/C20H30N4O2/c1-12(2)16-10-18(26-7)17(25-6)9-14(16)8-15-11-22-20(21-5)24-19(15)23-13(3)4/h9-13H,8H2,1-7H3,(H2,21,22,23,24). The molecule has 0 saturated heterocycles. The fraction of sp³-hybridized carbons (Fsp3) is 0.500. The minimum absolute atomic E-state index is 0.281. The molecule has 0 aliphatic heterocycles. The van der Waals surface area contributed by atoms with Crippen LogP contribution >= 0.6 is 0 Å². The number of ether oxygens (including phenoxy) is 2. The lowest BCUT2D eigenvalue weighted by atomic mass is 9.92. The van der Waals surface area contributed by atoms with Crippen LogP contribution in [0.1, 0.15) is 50.3 Å². The second kappa shape index (κ2) is 8.74. The van der Waals surface area contributed by atoms with Gasteiger partial charge in [0.05, 0.1) is 14.2 Å². The van der Waals surface area contributed by atoms with E-state index >= 15 is 0 Å². The summed E-state index contributed by atoms with van der Waals surface area (Å²) in [4.78, 5) is 8.98. The molecule has 0 radical (unpaired) electrons.